The van der Waals surface area contributed by atoms with Gasteiger partial charge in [0, 0.05) is 0 Å². The molecule has 0 aromatic rings. The Balaban J connectivity index is -0.0000106. The molecule has 0 amide bonds. The van der Waals surface area contributed by atoms with E-state index in [1.807, 2.05) is 0 Å². The van der Waals surface area contributed by atoms with Crippen LogP contribution < -0.4 is 34.5 Å². The van der Waals surface area contributed by atoms with Gasteiger partial charge in [-0.25, -0.2) is 0 Å². The number of halogens is 30. The SMILES string of the molecule is O=P([O-])(C(F)(F)C(F)(F)C(F)(F)C(F)(F)C(F)(F)C(F)(F)F)C(F)(F)C(F)(F)C(F)(F)C(F)(F)C(F)(F)C(F)(F)C(F)(F)C(F)(F)F.[H-].[Na+]. The van der Waals surface area contributed by atoms with Crippen LogP contribution in [0.25, 0.3) is 0 Å². The second-order valence-electron chi connectivity index (χ2n) is 8.37. The first-order chi connectivity index (χ1) is 19.5. The fourth-order valence-electron chi connectivity index (χ4n) is 2.46. The molecule has 2 nitrogen and oxygen atoms in total. The van der Waals surface area contributed by atoms with Crippen LogP contribution in [0.4, 0.5) is 132 Å². The van der Waals surface area contributed by atoms with Gasteiger partial charge in [-0.1, -0.05) is 0 Å². The molecule has 0 spiro atoms. The fourth-order valence-corrected chi connectivity index (χ4v) is 3.84. The molecule has 0 aromatic carbocycles. The third-order valence-electron chi connectivity index (χ3n) is 5.36. The first kappa shape index (κ1) is 49.2. The van der Waals surface area contributed by atoms with E-state index in [-0.39, 0.29) is 31.0 Å². The Morgan fingerprint density at radius 1 is 0.292 bits per heavy atom. The molecule has 34 heteroatoms. The van der Waals surface area contributed by atoms with Gasteiger partial charge >= 0.3 is 112 Å². The van der Waals surface area contributed by atoms with Crippen molar-refractivity contribution in [3.63, 3.8) is 0 Å². The summed E-state index contributed by atoms with van der Waals surface area (Å²) in [5.41, 5.74) is -19.5. The molecule has 0 saturated heterocycles. The van der Waals surface area contributed by atoms with Crippen molar-refractivity contribution in [3.05, 3.63) is 0 Å². The van der Waals surface area contributed by atoms with Gasteiger partial charge in [-0.2, -0.15) is 132 Å². The minimum Gasteiger partial charge on any atom is -1.00 e. The van der Waals surface area contributed by atoms with Crippen molar-refractivity contribution in [3.8, 4) is 0 Å². The van der Waals surface area contributed by atoms with Crippen LogP contribution in [-0.4, -0.2) is 82.9 Å². The van der Waals surface area contributed by atoms with Crippen molar-refractivity contribution in [1.29, 1.82) is 0 Å². The van der Waals surface area contributed by atoms with Gasteiger partial charge in [0.1, 0.15) is 0 Å². The minimum absolute atomic E-state index is 0. The van der Waals surface area contributed by atoms with Gasteiger partial charge in [0.15, 0.2) is 7.37 Å². The molecule has 0 radical (unpaired) electrons. The van der Waals surface area contributed by atoms with Crippen molar-refractivity contribution in [1.82, 2.24) is 0 Å². The smallest absolute Gasteiger partial charge is 1.00 e. The molecule has 0 heterocycles. The van der Waals surface area contributed by atoms with Crippen LogP contribution >= 0.6 is 7.37 Å². The average molecular weight is 825 g/mol. The van der Waals surface area contributed by atoms with Crippen molar-refractivity contribution < 1.29 is 172 Å². The molecule has 1 unspecified atom stereocenters. The molecule has 0 saturated carbocycles. The van der Waals surface area contributed by atoms with E-state index in [1.165, 1.54) is 0 Å². The molecule has 0 aliphatic carbocycles. The summed E-state index contributed by atoms with van der Waals surface area (Å²) in [6.07, 6.45) is -16.6. The predicted molar refractivity (Wildman–Crippen MR) is 80.2 cm³/mol. The van der Waals surface area contributed by atoms with Crippen molar-refractivity contribution in [2.24, 2.45) is 0 Å². The van der Waals surface area contributed by atoms with Crippen LogP contribution in [-0.2, 0) is 4.57 Å². The molecule has 0 N–H and O–H groups in total. The standard InChI is InChI=1S/C14HF30O2P.Na.H/c15-1(16,3(19,20)7(27,28)11(35,36)37)2(17,18)5(23,24)9(31,32)13(41,42)47(45,46)14(43,44)10(33,34)6(25,26)4(21,22)8(29,30)12(38,39)40;;/h(H,45,46);;/q;+1;-1/p-1. The summed E-state index contributed by atoms with van der Waals surface area (Å²) in [7, 11) is -11.2. The van der Waals surface area contributed by atoms with E-state index in [2.05, 4.69) is 0 Å². The molecule has 0 aliphatic heterocycles. The molecule has 0 rings (SSSR count). The molecular weight excluding hydrogens is 824 g/mol. The zero-order valence-electron chi connectivity index (χ0n) is 21.6. The Morgan fingerprint density at radius 3 is 0.562 bits per heavy atom. The summed E-state index contributed by atoms with van der Waals surface area (Å²) in [6, 6.07) is 0. The summed E-state index contributed by atoms with van der Waals surface area (Å²) in [6.45, 7) is 0. The van der Waals surface area contributed by atoms with Crippen LogP contribution in [0, 0.1) is 0 Å². The summed E-state index contributed by atoms with van der Waals surface area (Å²) in [5, 5.41) is 0. The first-order valence-corrected chi connectivity index (χ1v) is 11.1. The van der Waals surface area contributed by atoms with Gasteiger partial charge in [-0.15, -0.1) is 0 Å². The molecule has 286 valence electrons. The Morgan fingerprint density at radius 2 is 0.417 bits per heavy atom. The largest absolute Gasteiger partial charge is 1.00 e. The van der Waals surface area contributed by atoms with Crippen LogP contribution in [0.15, 0.2) is 0 Å². The number of alkyl halides is 30. The van der Waals surface area contributed by atoms with Gasteiger partial charge in [-0.3, -0.25) is 0 Å². The Labute approximate surface area is 263 Å². The zero-order valence-corrected chi connectivity index (χ0v) is 23.5. The quantitative estimate of drug-likeness (QED) is 0.130. The van der Waals surface area contributed by atoms with Crippen molar-refractivity contribution in [2.45, 2.75) is 82.9 Å². The number of hydrogen-bond donors (Lipinski definition) is 0. The molecule has 0 bridgehead atoms. The van der Waals surface area contributed by atoms with Gasteiger partial charge < -0.3 is 10.9 Å². The maximum atomic E-state index is 13.8. The van der Waals surface area contributed by atoms with E-state index in [4.69, 9.17) is 0 Å². The Bertz CT molecular complexity index is 1230. The van der Waals surface area contributed by atoms with Crippen molar-refractivity contribution in [2.75, 3.05) is 0 Å². The number of rotatable bonds is 12. The number of hydrogen-bond acceptors (Lipinski definition) is 2. The van der Waals surface area contributed by atoms with Gasteiger partial charge in [-0.05, 0) is 0 Å². The van der Waals surface area contributed by atoms with Crippen LogP contribution in [0.5, 0.6) is 0 Å². The zero-order chi connectivity index (χ0) is 39.5. The second kappa shape index (κ2) is 11.8. The van der Waals surface area contributed by atoms with Crippen LogP contribution in [0.3, 0.4) is 0 Å². The maximum Gasteiger partial charge on any atom is 1.00 e. The normalized spacial score (nSPS) is 18.0. The summed E-state index contributed by atoms with van der Waals surface area (Å²) < 4.78 is 403. The van der Waals surface area contributed by atoms with E-state index in [1.54, 1.807) is 0 Å². The van der Waals surface area contributed by atoms with Crippen molar-refractivity contribution >= 4 is 7.37 Å². The Kier molecular flexibility index (Phi) is 12.1. The van der Waals surface area contributed by atoms with Gasteiger partial charge in [0.2, 0.25) is 0 Å². The van der Waals surface area contributed by atoms with Gasteiger partial charge in [0.25, 0.3) is 0 Å². The Hall–Kier alpha value is -0.910. The molecule has 0 aliphatic rings. The van der Waals surface area contributed by atoms with E-state index in [0.717, 1.165) is 0 Å². The van der Waals surface area contributed by atoms with E-state index in [9.17, 15) is 141 Å². The van der Waals surface area contributed by atoms with E-state index >= 15 is 0 Å². The third kappa shape index (κ3) is 5.60. The third-order valence-corrected chi connectivity index (χ3v) is 7.40. The maximum absolute atomic E-state index is 13.8. The topological polar surface area (TPSA) is 40.1 Å². The molecule has 0 aromatic heterocycles. The van der Waals surface area contributed by atoms with E-state index in [0.29, 0.717) is 0 Å². The molecule has 1 atom stereocenters. The molecular formula is C14HF30NaO2P-. The summed E-state index contributed by atoms with van der Waals surface area (Å²) >= 11 is 0. The monoisotopic (exact) mass is 825 g/mol. The predicted octanol–water partition coefficient (Wildman–Crippen LogP) is 6.40. The summed E-state index contributed by atoms with van der Waals surface area (Å²) in [4.78, 5) is 11.1. The molecule has 48 heavy (non-hydrogen) atoms. The molecule has 0 fully saturated rings. The van der Waals surface area contributed by atoms with Crippen LogP contribution in [0.2, 0.25) is 0 Å². The van der Waals surface area contributed by atoms with Gasteiger partial charge in [0.05, 0.1) is 0 Å². The average Bonchev–Trinajstić information content (AvgIpc) is 2.80. The minimum atomic E-state index is -11.2. The fraction of sp³-hybridized carbons (Fsp3) is 1.00. The van der Waals surface area contributed by atoms with E-state index < -0.39 is 90.3 Å². The second-order valence-corrected chi connectivity index (χ2v) is 10.6. The van der Waals surface area contributed by atoms with Crippen LogP contribution in [0.1, 0.15) is 1.43 Å². The first-order valence-electron chi connectivity index (χ1n) is 9.48. The summed E-state index contributed by atoms with van der Waals surface area (Å²) in [5.74, 6) is -94.6.